The summed E-state index contributed by atoms with van der Waals surface area (Å²) in [5, 5.41) is 8.50. The van der Waals surface area contributed by atoms with E-state index in [4.69, 9.17) is 14.4 Å². The minimum absolute atomic E-state index is 0.502. The summed E-state index contributed by atoms with van der Waals surface area (Å²) in [7, 11) is 0. The first kappa shape index (κ1) is 24.6. The summed E-state index contributed by atoms with van der Waals surface area (Å²) in [6.07, 6.45) is 0. The van der Waals surface area contributed by atoms with Gasteiger partial charge in [-0.1, -0.05) is 78.9 Å². The van der Waals surface area contributed by atoms with Crippen LogP contribution in [0.15, 0.2) is 126 Å². The van der Waals surface area contributed by atoms with E-state index < -0.39 is 0 Å². The monoisotopic (exact) mass is 530 g/mol. The number of aryl methyl sites for hydroxylation is 2. The fraction of sp³-hybridized carbons (Fsp3) is 0.0556. The molecule has 0 fully saturated rings. The predicted octanol–water partition coefficient (Wildman–Crippen LogP) is 8.96. The molecule has 0 amide bonds. The molecule has 0 atom stereocenters. The van der Waals surface area contributed by atoms with Gasteiger partial charge in [-0.3, -0.25) is 0 Å². The van der Waals surface area contributed by atoms with Crippen molar-refractivity contribution in [2.75, 3.05) is 0 Å². The minimum atomic E-state index is 0.502. The second kappa shape index (κ2) is 10.3. The summed E-state index contributed by atoms with van der Waals surface area (Å²) < 4.78 is 5.95. The molecule has 0 radical (unpaired) electrons. The maximum atomic E-state index is 5.95. The van der Waals surface area contributed by atoms with Crippen molar-refractivity contribution in [3.8, 4) is 56.6 Å². The molecule has 0 aliphatic heterocycles. The van der Waals surface area contributed by atoms with Crippen LogP contribution in [0.4, 0.5) is 0 Å². The lowest BCUT2D eigenvalue weighted by atomic mass is 9.92. The summed E-state index contributed by atoms with van der Waals surface area (Å²) in [6.45, 7) is 4.29. The second-order valence-corrected chi connectivity index (χ2v) is 10.1. The quantitative estimate of drug-likeness (QED) is 0.222. The highest BCUT2D eigenvalue weighted by Gasteiger charge is 2.17. The number of aromatic nitrogens is 4. The molecule has 5 heteroatoms. The van der Waals surface area contributed by atoms with Crippen molar-refractivity contribution in [1.82, 2.24) is 20.2 Å². The van der Waals surface area contributed by atoms with Gasteiger partial charge in [0.2, 0.25) is 11.8 Å². The number of hydrogen-bond donors (Lipinski definition) is 0. The van der Waals surface area contributed by atoms with E-state index in [1.54, 1.807) is 0 Å². The molecule has 7 aromatic rings. The van der Waals surface area contributed by atoms with Gasteiger partial charge in [0.05, 0.1) is 22.4 Å². The lowest BCUT2D eigenvalue weighted by Crippen LogP contribution is -1.98. The van der Waals surface area contributed by atoms with Gasteiger partial charge in [-0.25, -0.2) is 9.97 Å². The molecular weight excluding hydrogens is 504 g/mol. The van der Waals surface area contributed by atoms with Gasteiger partial charge in [0.15, 0.2) is 0 Å². The number of nitrogens with zero attached hydrogens (tertiary/aromatic N) is 4. The fourth-order valence-corrected chi connectivity index (χ4v) is 5.20. The van der Waals surface area contributed by atoms with Crippen LogP contribution in [0, 0.1) is 13.8 Å². The number of benzene rings is 5. The normalized spacial score (nSPS) is 11.2. The van der Waals surface area contributed by atoms with Gasteiger partial charge >= 0.3 is 0 Å². The van der Waals surface area contributed by atoms with Gasteiger partial charge in [0, 0.05) is 22.3 Å². The Hall–Kier alpha value is -5.42. The molecule has 2 heterocycles. The zero-order valence-corrected chi connectivity index (χ0v) is 22.7. The molecule has 41 heavy (non-hydrogen) atoms. The van der Waals surface area contributed by atoms with E-state index in [1.165, 1.54) is 5.56 Å². The maximum absolute atomic E-state index is 5.95. The van der Waals surface area contributed by atoms with E-state index >= 15 is 0 Å². The van der Waals surface area contributed by atoms with Crippen LogP contribution in [0.25, 0.3) is 67.6 Å². The maximum Gasteiger partial charge on any atom is 0.248 e. The average molecular weight is 531 g/mol. The molecule has 0 aliphatic rings. The third-order valence-corrected chi connectivity index (χ3v) is 7.33. The Morgan fingerprint density at radius 3 is 1.54 bits per heavy atom. The van der Waals surface area contributed by atoms with Crippen molar-refractivity contribution >= 4 is 11.0 Å². The van der Waals surface area contributed by atoms with Gasteiger partial charge in [0.25, 0.3) is 0 Å². The van der Waals surface area contributed by atoms with Crippen LogP contribution >= 0.6 is 0 Å². The Labute approximate surface area is 238 Å². The van der Waals surface area contributed by atoms with Crippen LogP contribution < -0.4 is 0 Å². The molecule has 5 aromatic carbocycles. The van der Waals surface area contributed by atoms with Crippen LogP contribution in [0.3, 0.4) is 0 Å². The smallest absolute Gasteiger partial charge is 0.248 e. The molecule has 0 unspecified atom stereocenters. The largest absolute Gasteiger partial charge is 0.416 e. The average Bonchev–Trinajstić information content (AvgIpc) is 3.53. The first-order valence-electron chi connectivity index (χ1n) is 13.6. The first-order valence-corrected chi connectivity index (χ1v) is 13.6. The molecular formula is C36H26N4O. The Kier molecular flexibility index (Phi) is 6.17. The number of para-hydroxylation sites is 2. The third kappa shape index (κ3) is 4.68. The van der Waals surface area contributed by atoms with Crippen LogP contribution in [-0.2, 0) is 0 Å². The first-order chi connectivity index (χ1) is 20.1. The molecule has 0 spiro atoms. The van der Waals surface area contributed by atoms with Crippen molar-refractivity contribution in [1.29, 1.82) is 0 Å². The second-order valence-electron chi connectivity index (χ2n) is 10.1. The topological polar surface area (TPSA) is 64.7 Å². The Bertz CT molecular complexity index is 2000. The highest BCUT2D eigenvalue weighted by molar-refractivity contribution is 5.88. The fourth-order valence-electron chi connectivity index (χ4n) is 5.20. The lowest BCUT2D eigenvalue weighted by molar-refractivity contribution is 0.584. The van der Waals surface area contributed by atoms with Crippen LogP contribution in [-0.4, -0.2) is 20.2 Å². The molecule has 2 aromatic heterocycles. The lowest BCUT2D eigenvalue weighted by Gasteiger charge is -2.16. The van der Waals surface area contributed by atoms with E-state index in [9.17, 15) is 0 Å². The predicted molar refractivity (Wildman–Crippen MR) is 164 cm³/mol. The Morgan fingerprint density at radius 1 is 0.439 bits per heavy atom. The van der Waals surface area contributed by atoms with Gasteiger partial charge in [-0.05, 0) is 78.6 Å². The van der Waals surface area contributed by atoms with Gasteiger partial charge in [-0.15, -0.1) is 10.2 Å². The molecule has 196 valence electrons. The SMILES string of the molecule is Cc1cc(-c2nc3ccccc3nc2-c2ccccc2)c(C)cc1-c1ccc(-c2nnc(-c3ccccc3)o2)cc1. The van der Waals surface area contributed by atoms with Gasteiger partial charge in [-0.2, -0.15) is 0 Å². The highest BCUT2D eigenvalue weighted by atomic mass is 16.4. The summed E-state index contributed by atoms with van der Waals surface area (Å²) in [5.41, 5.74) is 12.1. The summed E-state index contributed by atoms with van der Waals surface area (Å²) in [6, 6.07) is 40.9. The number of fused-ring (bicyclic) bond motifs is 1. The van der Waals surface area contributed by atoms with Gasteiger partial charge < -0.3 is 4.42 Å². The molecule has 0 N–H and O–H groups in total. The number of rotatable bonds is 5. The van der Waals surface area contributed by atoms with Crippen molar-refractivity contribution in [3.05, 3.63) is 132 Å². The van der Waals surface area contributed by atoms with Crippen molar-refractivity contribution < 1.29 is 4.42 Å². The zero-order valence-electron chi connectivity index (χ0n) is 22.7. The molecule has 0 saturated carbocycles. The van der Waals surface area contributed by atoms with Crippen LogP contribution in [0.2, 0.25) is 0 Å². The van der Waals surface area contributed by atoms with E-state index in [0.29, 0.717) is 11.8 Å². The minimum Gasteiger partial charge on any atom is -0.416 e. The summed E-state index contributed by atoms with van der Waals surface area (Å²) >= 11 is 0. The van der Waals surface area contributed by atoms with E-state index in [-0.39, 0.29) is 0 Å². The van der Waals surface area contributed by atoms with Crippen LogP contribution in [0.5, 0.6) is 0 Å². The van der Waals surface area contributed by atoms with Crippen molar-refractivity contribution in [2.45, 2.75) is 13.8 Å². The van der Waals surface area contributed by atoms with E-state index in [0.717, 1.165) is 61.4 Å². The third-order valence-electron chi connectivity index (χ3n) is 7.33. The van der Waals surface area contributed by atoms with Crippen LogP contribution in [0.1, 0.15) is 11.1 Å². The van der Waals surface area contributed by atoms with E-state index in [1.807, 2.05) is 84.9 Å². The molecule has 5 nitrogen and oxygen atoms in total. The van der Waals surface area contributed by atoms with Crippen molar-refractivity contribution in [2.24, 2.45) is 0 Å². The molecule has 7 rings (SSSR count). The Morgan fingerprint density at radius 2 is 0.902 bits per heavy atom. The van der Waals surface area contributed by atoms with E-state index in [2.05, 4.69) is 60.4 Å². The van der Waals surface area contributed by atoms with Crippen molar-refractivity contribution in [3.63, 3.8) is 0 Å². The van der Waals surface area contributed by atoms with Gasteiger partial charge in [0.1, 0.15) is 0 Å². The highest BCUT2D eigenvalue weighted by Crippen LogP contribution is 2.37. The summed E-state index contributed by atoms with van der Waals surface area (Å²) in [5.74, 6) is 1.01. The molecule has 0 bridgehead atoms. The Balaban J connectivity index is 1.26. The summed E-state index contributed by atoms with van der Waals surface area (Å²) in [4.78, 5) is 10.2. The standard InChI is InChI=1S/C36H26N4O/c1-23-22-30(34-33(26-11-5-3-6-12-26)37-31-15-9-10-16-32(31)38-34)24(2)21-29(23)25-17-19-28(20-18-25)36-40-39-35(41-36)27-13-7-4-8-14-27/h3-22H,1-2H3. The molecule has 0 aliphatic carbocycles. The molecule has 0 saturated heterocycles. The number of hydrogen-bond acceptors (Lipinski definition) is 5. The zero-order chi connectivity index (χ0) is 27.8.